The molecule has 0 saturated carbocycles. The molecule has 2 nitrogen and oxygen atoms in total. The van der Waals surface area contributed by atoms with E-state index in [9.17, 15) is 0 Å². The van der Waals surface area contributed by atoms with Crippen LogP contribution in [-0.4, -0.2) is 19.3 Å². The number of ether oxygens (including phenoxy) is 1. The number of halogens is 1. The maximum atomic E-state index is 6.04. The lowest BCUT2D eigenvalue weighted by Crippen LogP contribution is -2.39. The Kier molecular flexibility index (Phi) is 4.84. The largest absolute Gasteiger partial charge is 0.380 e. The van der Waals surface area contributed by atoms with E-state index in [1.165, 1.54) is 12.0 Å². The minimum atomic E-state index is 0.375. The smallest absolute Gasteiger partial charge is 0.0619 e. The summed E-state index contributed by atoms with van der Waals surface area (Å²) in [4.78, 5) is 0. The summed E-state index contributed by atoms with van der Waals surface area (Å²) in [6, 6.07) is 8.97. The molecule has 94 valence electrons. The van der Waals surface area contributed by atoms with Crippen LogP contribution in [0.2, 0.25) is 5.02 Å². The van der Waals surface area contributed by atoms with Crippen LogP contribution < -0.4 is 5.32 Å². The molecule has 1 heterocycles. The minimum absolute atomic E-state index is 0.375. The summed E-state index contributed by atoms with van der Waals surface area (Å²) in [5.74, 6) is 0. The Morgan fingerprint density at radius 2 is 2.41 bits per heavy atom. The van der Waals surface area contributed by atoms with E-state index in [1.807, 2.05) is 18.2 Å². The predicted molar refractivity (Wildman–Crippen MR) is 71.5 cm³/mol. The topological polar surface area (TPSA) is 21.3 Å². The maximum absolute atomic E-state index is 6.04. The molecule has 1 aliphatic rings. The lowest BCUT2D eigenvalue weighted by Gasteiger charge is -2.28. The van der Waals surface area contributed by atoms with Gasteiger partial charge in [0.25, 0.3) is 0 Å². The van der Waals surface area contributed by atoms with Gasteiger partial charge in [0.15, 0.2) is 0 Å². The molecule has 0 radical (unpaired) electrons. The van der Waals surface area contributed by atoms with Crippen molar-refractivity contribution in [2.75, 3.05) is 13.2 Å². The van der Waals surface area contributed by atoms with Crippen molar-refractivity contribution in [2.24, 2.45) is 0 Å². The highest BCUT2D eigenvalue weighted by Gasteiger charge is 2.18. The van der Waals surface area contributed by atoms with Gasteiger partial charge in [0, 0.05) is 23.7 Å². The molecule has 0 aliphatic carbocycles. The highest BCUT2D eigenvalue weighted by Crippen LogP contribution is 2.22. The Hall–Kier alpha value is -0.570. The molecule has 2 unspecified atom stereocenters. The lowest BCUT2D eigenvalue weighted by atomic mass is 10.0. The van der Waals surface area contributed by atoms with E-state index < -0.39 is 0 Å². The molecule has 3 heteroatoms. The van der Waals surface area contributed by atoms with Gasteiger partial charge in [0.2, 0.25) is 0 Å². The second-order valence-corrected chi connectivity index (χ2v) is 5.03. The van der Waals surface area contributed by atoms with Crippen molar-refractivity contribution in [3.05, 3.63) is 34.9 Å². The van der Waals surface area contributed by atoms with Gasteiger partial charge in [-0.05, 0) is 37.0 Å². The van der Waals surface area contributed by atoms with Crippen LogP contribution in [0.15, 0.2) is 24.3 Å². The Morgan fingerprint density at radius 1 is 1.53 bits per heavy atom. The molecule has 0 bridgehead atoms. The molecule has 1 N–H and O–H groups in total. The fraction of sp³-hybridized carbons (Fsp3) is 0.571. The van der Waals surface area contributed by atoms with Crippen LogP contribution in [0.1, 0.15) is 37.8 Å². The van der Waals surface area contributed by atoms with Crippen LogP contribution in [0.4, 0.5) is 0 Å². The molecule has 1 aromatic rings. The third-order valence-corrected chi connectivity index (χ3v) is 3.49. The van der Waals surface area contributed by atoms with Crippen molar-refractivity contribution in [1.82, 2.24) is 5.32 Å². The summed E-state index contributed by atoms with van der Waals surface area (Å²) in [5, 5.41) is 4.47. The molecule has 0 spiro atoms. The van der Waals surface area contributed by atoms with Crippen LogP contribution in [0.3, 0.4) is 0 Å². The minimum Gasteiger partial charge on any atom is -0.380 e. The zero-order valence-corrected chi connectivity index (χ0v) is 11.0. The first-order valence-corrected chi connectivity index (χ1v) is 6.76. The lowest BCUT2D eigenvalue weighted by molar-refractivity contribution is 0.0661. The third-order valence-electron chi connectivity index (χ3n) is 3.26. The third kappa shape index (κ3) is 3.70. The quantitative estimate of drug-likeness (QED) is 0.886. The molecule has 17 heavy (non-hydrogen) atoms. The first-order valence-electron chi connectivity index (χ1n) is 6.39. The van der Waals surface area contributed by atoms with E-state index in [2.05, 4.69) is 18.3 Å². The van der Waals surface area contributed by atoms with Crippen LogP contribution in [0.25, 0.3) is 0 Å². The maximum Gasteiger partial charge on any atom is 0.0619 e. The Labute approximate surface area is 108 Å². The number of hydrogen-bond acceptors (Lipinski definition) is 2. The van der Waals surface area contributed by atoms with Crippen molar-refractivity contribution in [3.8, 4) is 0 Å². The van der Waals surface area contributed by atoms with Gasteiger partial charge in [0.05, 0.1) is 6.61 Å². The molecule has 1 fully saturated rings. The van der Waals surface area contributed by atoms with Gasteiger partial charge >= 0.3 is 0 Å². The van der Waals surface area contributed by atoms with Crippen LogP contribution in [0, 0.1) is 0 Å². The standard InChI is InChI=1S/C14H20ClNO/c1-2-14(11-5-3-6-12(15)9-11)16-13-7-4-8-17-10-13/h3,5-6,9,13-14,16H,2,4,7-8,10H2,1H3. The van der Waals surface area contributed by atoms with E-state index >= 15 is 0 Å². The van der Waals surface area contributed by atoms with Crippen LogP contribution in [0.5, 0.6) is 0 Å². The Bertz CT molecular complexity index is 350. The molecule has 2 rings (SSSR count). The van der Waals surface area contributed by atoms with E-state index in [1.54, 1.807) is 0 Å². The predicted octanol–water partition coefficient (Wildman–Crippen LogP) is 3.56. The van der Waals surface area contributed by atoms with Crippen molar-refractivity contribution in [2.45, 2.75) is 38.3 Å². The highest BCUT2D eigenvalue weighted by atomic mass is 35.5. The van der Waals surface area contributed by atoms with E-state index in [-0.39, 0.29) is 0 Å². The molecule has 0 amide bonds. The van der Waals surface area contributed by atoms with Crippen molar-refractivity contribution in [3.63, 3.8) is 0 Å². The summed E-state index contributed by atoms with van der Waals surface area (Å²) >= 11 is 6.04. The Morgan fingerprint density at radius 3 is 3.06 bits per heavy atom. The zero-order valence-electron chi connectivity index (χ0n) is 10.3. The van der Waals surface area contributed by atoms with Gasteiger partial charge in [-0.15, -0.1) is 0 Å². The van der Waals surface area contributed by atoms with Crippen molar-refractivity contribution in [1.29, 1.82) is 0 Å². The average Bonchev–Trinajstić information content (AvgIpc) is 2.37. The second-order valence-electron chi connectivity index (χ2n) is 4.60. The summed E-state index contributed by atoms with van der Waals surface area (Å²) in [7, 11) is 0. The van der Waals surface area contributed by atoms with Crippen molar-refractivity contribution >= 4 is 11.6 Å². The summed E-state index contributed by atoms with van der Waals surface area (Å²) < 4.78 is 5.50. The molecular weight excluding hydrogens is 234 g/mol. The highest BCUT2D eigenvalue weighted by molar-refractivity contribution is 6.30. The fourth-order valence-electron chi connectivity index (χ4n) is 2.33. The van der Waals surface area contributed by atoms with Gasteiger partial charge in [-0.25, -0.2) is 0 Å². The van der Waals surface area contributed by atoms with Gasteiger partial charge in [-0.3, -0.25) is 0 Å². The average molecular weight is 254 g/mol. The van der Waals surface area contributed by atoms with E-state index in [0.29, 0.717) is 12.1 Å². The van der Waals surface area contributed by atoms with Crippen LogP contribution in [-0.2, 0) is 4.74 Å². The molecular formula is C14H20ClNO. The number of benzene rings is 1. The SMILES string of the molecule is CCC(NC1CCCOC1)c1cccc(Cl)c1. The molecule has 1 aromatic carbocycles. The first kappa shape index (κ1) is 12.9. The fourth-order valence-corrected chi connectivity index (χ4v) is 2.53. The molecule has 1 aliphatic heterocycles. The van der Waals surface area contributed by atoms with Gasteiger partial charge in [-0.1, -0.05) is 30.7 Å². The van der Waals surface area contributed by atoms with Gasteiger partial charge in [-0.2, -0.15) is 0 Å². The summed E-state index contributed by atoms with van der Waals surface area (Å²) in [6.07, 6.45) is 3.43. The summed E-state index contributed by atoms with van der Waals surface area (Å²) in [6.45, 7) is 3.94. The second kappa shape index (κ2) is 6.39. The van der Waals surface area contributed by atoms with Crippen molar-refractivity contribution < 1.29 is 4.74 Å². The molecule has 1 saturated heterocycles. The van der Waals surface area contributed by atoms with Crippen LogP contribution >= 0.6 is 11.6 Å². The zero-order chi connectivity index (χ0) is 12.1. The normalized spacial score (nSPS) is 22.4. The number of nitrogens with one attached hydrogen (secondary N) is 1. The number of hydrogen-bond donors (Lipinski definition) is 1. The van der Waals surface area contributed by atoms with E-state index in [0.717, 1.165) is 31.1 Å². The molecule has 0 aromatic heterocycles. The summed E-state index contributed by atoms with van der Waals surface area (Å²) in [5.41, 5.74) is 1.27. The Balaban J connectivity index is 2.00. The number of rotatable bonds is 4. The molecule has 2 atom stereocenters. The van der Waals surface area contributed by atoms with Gasteiger partial charge < -0.3 is 10.1 Å². The first-order chi connectivity index (χ1) is 8.29. The van der Waals surface area contributed by atoms with E-state index in [4.69, 9.17) is 16.3 Å². The monoisotopic (exact) mass is 253 g/mol. The van der Waals surface area contributed by atoms with Gasteiger partial charge in [0.1, 0.15) is 0 Å².